The molecule has 0 bridgehead atoms. The highest BCUT2D eigenvalue weighted by molar-refractivity contribution is 7.09. The van der Waals surface area contributed by atoms with Crippen molar-refractivity contribution in [2.24, 2.45) is 0 Å². The van der Waals surface area contributed by atoms with E-state index in [2.05, 4.69) is 31.7 Å². The van der Waals surface area contributed by atoms with E-state index in [-0.39, 0.29) is 0 Å². The minimum Gasteiger partial charge on any atom is -0.338 e. The number of piperazine rings is 1. The predicted octanol–water partition coefficient (Wildman–Crippen LogP) is 2.12. The highest BCUT2D eigenvalue weighted by atomic mass is 32.1. The first-order valence-electron chi connectivity index (χ1n) is 6.92. The molecule has 0 amide bonds. The maximum absolute atomic E-state index is 4.50. The van der Waals surface area contributed by atoms with Gasteiger partial charge in [0, 0.05) is 49.6 Å². The summed E-state index contributed by atoms with van der Waals surface area (Å²) in [5.74, 6) is 0.853. The maximum Gasteiger partial charge on any atom is 0.225 e. The van der Waals surface area contributed by atoms with Crippen LogP contribution < -0.4 is 4.90 Å². The van der Waals surface area contributed by atoms with Gasteiger partial charge in [-0.15, -0.1) is 11.3 Å². The third kappa shape index (κ3) is 2.81. The molecule has 1 atom stereocenters. The summed E-state index contributed by atoms with van der Waals surface area (Å²) in [4.78, 5) is 18.0. The van der Waals surface area contributed by atoms with Gasteiger partial charge in [0.15, 0.2) is 0 Å². The van der Waals surface area contributed by atoms with Gasteiger partial charge in [0.25, 0.3) is 0 Å². The van der Waals surface area contributed by atoms with Crippen LogP contribution in [0.25, 0.3) is 0 Å². The maximum atomic E-state index is 4.50. The molecule has 106 valence electrons. The lowest BCUT2D eigenvalue weighted by Crippen LogP contribution is -2.47. The molecule has 1 unspecified atom stereocenters. The number of thiazole rings is 1. The van der Waals surface area contributed by atoms with Crippen LogP contribution in [0.15, 0.2) is 23.8 Å². The van der Waals surface area contributed by atoms with Crippen molar-refractivity contribution in [1.82, 2.24) is 19.9 Å². The van der Waals surface area contributed by atoms with Crippen LogP contribution in [-0.2, 0) is 0 Å². The van der Waals surface area contributed by atoms with Gasteiger partial charge in [-0.1, -0.05) is 0 Å². The molecule has 2 aromatic heterocycles. The Kier molecular flexibility index (Phi) is 3.93. The molecule has 0 radical (unpaired) electrons. The summed E-state index contributed by atoms with van der Waals surface area (Å²) in [7, 11) is 0. The predicted molar refractivity (Wildman–Crippen MR) is 81.1 cm³/mol. The molecule has 5 nitrogen and oxygen atoms in total. The fraction of sp³-hybridized carbons (Fsp3) is 0.500. The van der Waals surface area contributed by atoms with E-state index < -0.39 is 0 Å². The smallest absolute Gasteiger partial charge is 0.225 e. The van der Waals surface area contributed by atoms with Gasteiger partial charge in [-0.25, -0.2) is 15.0 Å². The second-order valence-electron chi connectivity index (χ2n) is 5.07. The molecule has 0 aliphatic carbocycles. The first-order chi connectivity index (χ1) is 9.74. The molecule has 6 heteroatoms. The van der Waals surface area contributed by atoms with E-state index in [1.807, 2.05) is 30.8 Å². The zero-order valence-electron chi connectivity index (χ0n) is 11.9. The molecule has 2 aromatic rings. The highest BCUT2D eigenvalue weighted by Crippen LogP contribution is 2.23. The molecular weight excluding hydrogens is 270 g/mol. The Morgan fingerprint density at radius 3 is 2.60 bits per heavy atom. The Balaban J connectivity index is 1.62. The van der Waals surface area contributed by atoms with Gasteiger partial charge in [-0.3, -0.25) is 4.90 Å². The summed E-state index contributed by atoms with van der Waals surface area (Å²) in [5, 5.41) is 3.24. The number of hydrogen-bond donors (Lipinski definition) is 0. The van der Waals surface area contributed by atoms with E-state index in [4.69, 9.17) is 0 Å². The number of hydrogen-bond acceptors (Lipinski definition) is 6. The molecule has 3 rings (SSSR count). The van der Waals surface area contributed by atoms with Gasteiger partial charge in [-0.2, -0.15) is 0 Å². The van der Waals surface area contributed by atoms with Crippen molar-refractivity contribution in [2.75, 3.05) is 31.1 Å². The van der Waals surface area contributed by atoms with Crippen LogP contribution in [-0.4, -0.2) is 46.0 Å². The van der Waals surface area contributed by atoms with Crippen LogP contribution in [0.1, 0.15) is 23.7 Å². The lowest BCUT2D eigenvalue weighted by Gasteiger charge is -2.37. The normalized spacial score (nSPS) is 18.2. The van der Waals surface area contributed by atoms with Crippen LogP contribution in [0.3, 0.4) is 0 Å². The average Bonchev–Trinajstić information content (AvgIpc) is 3.01. The minimum absolute atomic E-state index is 0.399. The molecule has 3 heterocycles. The summed E-state index contributed by atoms with van der Waals surface area (Å²) in [6, 6.07) is 2.33. The van der Waals surface area contributed by atoms with Crippen molar-refractivity contribution in [3.05, 3.63) is 34.5 Å². The van der Waals surface area contributed by atoms with Crippen molar-refractivity contribution in [3.63, 3.8) is 0 Å². The molecule has 1 aliphatic heterocycles. The largest absolute Gasteiger partial charge is 0.338 e. The summed E-state index contributed by atoms with van der Waals surface area (Å²) in [6.07, 6.45) is 3.72. The zero-order chi connectivity index (χ0) is 13.9. The van der Waals surface area contributed by atoms with Crippen molar-refractivity contribution in [2.45, 2.75) is 19.9 Å². The molecule has 0 aromatic carbocycles. The molecule has 1 aliphatic rings. The van der Waals surface area contributed by atoms with Gasteiger partial charge in [0.1, 0.15) is 5.01 Å². The van der Waals surface area contributed by atoms with Crippen molar-refractivity contribution >= 4 is 17.3 Å². The van der Waals surface area contributed by atoms with Crippen LogP contribution in [0, 0.1) is 6.92 Å². The number of aryl methyl sites for hydroxylation is 1. The summed E-state index contributed by atoms with van der Waals surface area (Å²) in [5.41, 5.74) is 1.02. The fourth-order valence-corrected chi connectivity index (χ4v) is 3.22. The van der Waals surface area contributed by atoms with E-state index in [9.17, 15) is 0 Å². The monoisotopic (exact) mass is 289 g/mol. The van der Waals surface area contributed by atoms with E-state index in [0.717, 1.165) is 37.8 Å². The Labute approximate surface area is 123 Å². The zero-order valence-corrected chi connectivity index (χ0v) is 12.7. The lowest BCUT2D eigenvalue weighted by molar-refractivity contribution is 0.197. The summed E-state index contributed by atoms with van der Waals surface area (Å²) >= 11 is 1.73. The Morgan fingerprint density at radius 1 is 1.15 bits per heavy atom. The Hall–Kier alpha value is -1.53. The Morgan fingerprint density at radius 2 is 1.95 bits per heavy atom. The highest BCUT2D eigenvalue weighted by Gasteiger charge is 2.24. The summed E-state index contributed by atoms with van der Waals surface area (Å²) in [6.45, 7) is 8.23. The number of nitrogens with zero attached hydrogens (tertiary/aromatic N) is 5. The quantitative estimate of drug-likeness (QED) is 0.866. The molecular formula is C14H19N5S. The molecule has 0 spiro atoms. The van der Waals surface area contributed by atoms with Crippen molar-refractivity contribution in [3.8, 4) is 0 Å². The van der Waals surface area contributed by atoms with E-state index >= 15 is 0 Å². The average molecular weight is 289 g/mol. The number of anilines is 1. The SMILES string of the molecule is Cc1ccnc(N2CCN(C(C)c3nccs3)CC2)n1. The first-order valence-corrected chi connectivity index (χ1v) is 7.80. The minimum atomic E-state index is 0.399. The molecule has 20 heavy (non-hydrogen) atoms. The Bertz CT molecular complexity index is 548. The van der Waals surface area contributed by atoms with Crippen LogP contribution in [0.5, 0.6) is 0 Å². The fourth-order valence-electron chi connectivity index (χ4n) is 2.49. The van der Waals surface area contributed by atoms with Crippen LogP contribution in [0.4, 0.5) is 5.95 Å². The summed E-state index contributed by atoms with van der Waals surface area (Å²) < 4.78 is 0. The van der Waals surface area contributed by atoms with E-state index in [0.29, 0.717) is 6.04 Å². The van der Waals surface area contributed by atoms with Crippen molar-refractivity contribution < 1.29 is 0 Å². The van der Waals surface area contributed by atoms with Gasteiger partial charge in [0.05, 0.1) is 6.04 Å². The van der Waals surface area contributed by atoms with Crippen molar-refractivity contribution in [1.29, 1.82) is 0 Å². The first kappa shape index (κ1) is 13.5. The van der Waals surface area contributed by atoms with Gasteiger partial charge < -0.3 is 4.90 Å². The number of aromatic nitrogens is 3. The molecule has 1 saturated heterocycles. The third-order valence-corrected chi connectivity index (χ3v) is 4.68. The second kappa shape index (κ2) is 5.85. The van der Waals surface area contributed by atoms with Gasteiger partial charge >= 0.3 is 0 Å². The van der Waals surface area contributed by atoms with E-state index in [1.165, 1.54) is 5.01 Å². The van der Waals surface area contributed by atoms with E-state index in [1.54, 1.807) is 11.3 Å². The topological polar surface area (TPSA) is 45.2 Å². The van der Waals surface area contributed by atoms with Crippen LogP contribution >= 0.6 is 11.3 Å². The third-order valence-electron chi connectivity index (χ3n) is 3.74. The van der Waals surface area contributed by atoms with Crippen LogP contribution in [0.2, 0.25) is 0 Å². The molecule has 1 fully saturated rings. The molecule has 0 N–H and O–H groups in total. The second-order valence-corrected chi connectivity index (χ2v) is 5.99. The lowest BCUT2D eigenvalue weighted by atomic mass is 10.2. The standard InChI is InChI=1S/C14H19N5S/c1-11-3-4-16-14(17-11)19-8-6-18(7-9-19)12(2)13-15-5-10-20-13/h3-5,10,12H,6-9H2,1-2H3. The molecule has 0 saturated carbocycles. The van der Waals surface area contributed by atoms with Gasteiger partial charge in [0.2, 0.25) is 5.95 Å². The number of rotatable bonds is 3. The van der Waals surface area contributed by atoms with Gasteiger partial charge in [-0.05, 0) is 19.9 Å².